The van der Waals surface area contributed by atoms with Crippen LogP contribution in [0.25, 0.3) is 0 Å². The Hall–Kier alpha value is -1.14. The van der Waals surface area contributed by atoms with Crippen molar-refractivity contribution in [2.24, 2.45) is 0 Å². The first-order valence-electron chi connectivity index (χ1n) is 6.75. The van der Waals surface area contributed by atoms with Gasteiger partial charge in [0.25, 0.3) is 0 Å². The van der Waals surface area contributed by atoms with Crippen LogP contribution in [0.15, 0.2) is 0 Å². The molecule has 0 saturated carbocycles. The highest BCUT2D eigenvalue weighted by Gasteiger charge is 2.05. The number of hydrogen-bond donors (Lipinski definition) is 3. The summed E-state index contributed by atoms with van der Waals surface area (Å²) in [5.74, 6) is -1.59. The predicted molar refractivity (Wildman–Crippen MR) is 68.8 cm³/mol. The Labute approximate surface area is 113 Å². The lowest BCUT2D eigenvalue weighted by molar-refractivity contribution is -0.138. The van der Waals surface area contributed by atoms with Crippen molar-refractivity contribution in [1.82, 2.24) is 0 Å². The zero-order valence-electron chi connectivity index (χ0n) is 11.2. The summed E-state index contributed by atoms with van der Waals surface area (Å²) in [7, 11) is 0. The molecule has 0 aromatic rings. The van der Waals surface area contributed by atoms with E-state index in [9.17, 15) is 14.7 Å². The molecule has 0 fully saturated rings. The van der Waals surface area contributed by atoms with Crippen LogP contribution in [-0.4, -0.2) is 40.2 Å². The van der Waals surface area contributed by atoms with Crippen molar-refractivity contribution in [3.05, 3.63) is 0 Å². The molecule has 19 heavy (non-hydrogen) atoms. The Balaban J connectivity index is 3.22. The van der Waals surface area contributed by atoms with Crippen LogP contribution in [0.1, 0.15) is 57.8 Å². The van der Waals surface area contributed by atoms with Crippen molar-refractivity contribution in [2.75, 3.05) is 6.61 Å². The van der Waals surface area contributed by atoms with E-state index in [1.165, 1.54) is 0 Å². The molecule has 6 heteroatoms. The summed E-state index contributed by atoms with van der Waals surface area (Å²) in [6, 6.07) is 0. The van der Waals surface area contributed by atoms with Crippen molar-refractivity contribution in [1.29, 1.82) is 0 Å². The SMILES string of the molecule is O=C(O)CCCCCCOC(O)CCCCC(=O)O. The zero-order chi connectivity index (χ0) is 14.5. The molecule has 0 heterocycles. The number of aliphatic hydroxyl groups excluding tert-OH is 1. The number of carboxylic acid groups (broad SMARTS) is 2. The van der Waals surface area contributed by atoms with Crippen LogP contribution in [0.5, 0.6) is 0 Å². The Bertz CT molecular complexity index is 254. The standard InChI is InChI=1S/C13H24O6/c14-11(15)7-3-1-2-6-10-19-13(18)9-5-4-8-12(16)17/h13,18H,1-10H2,(H,14,15)(H,16,17). The number of unbranched alkanes of at least 4 members (excludes halogenated alkanes) is 4. The summed E-state index contributed by atoms with van der Waals surface area (Å²) in [5.41, 5.74) is 0. The molecule has 0 aliphatic rings. The molecule has 0 rings (SSSR count). The third kappa shape index (κ3) is 14.8. The van der Waals surface area contributed by atoms with E-state index >= 15 is 0 Å². The lowest BCUT2D eigenvalue weighted by Gasteiger charge is -2.11. The number of carbonyl (C=O) groups is 2. The van der Waals surface area contributed by atoms with Gasteiger partial charge in [-0.1, -0.05) is 12.8 Å². The Morgan fingerprint density at radius 3 is 1.95 bits per heavy atom. The quantitative estimate of drug-likeness (QED) is 0.351. The number of hydrogen-bond acceptors (Lipinski definition) is 4. The summed E-state index contributed by atoms with van der Waals surface area (Å²) >= 11 is 0. The molecule has 112 valence electrons. The largest absolute Gasteiger partial charge is 0.481 e. The molecule has 0 radical (unpaired) electrons. The Kier molecular flexibility index (Phi) is 11.2. The van der Waals surface area contributed by atoms with Gasteiger partial charge in [-0.2, -0.15) is 0 Å². The lowest BCUT2D eigenvalue weighted by Crippen LogP contribution is -2.12. The van der Waals surface area contributed by atoms with E-state index in [0.717, 1.165) is 19.3 Å². The Morgan fingerprint density at radius 1 is 0.842 bits per heavy atom. The van der Waals surface area contributed by atoms with Crippen molar-refractivity contribution in [3.63, 3.8) is 0 Å². The van der Waals surface area contributed by atoms with Gasteiger partial charge < -0.3 is 20.1 Å². The molecule has 0 aromatic heterocycles. The van der Waals surface area contributed by atoms with Crippen molar-refractivity contribution in [3.8, 4) is 0 Å². The fraction of sp³-hybridized carbons (Fsp3) is 0.846. The van der Waals surface area contributed by atoms with Gasteiger partial charge in [0.05, 0.1) is 0 Å². The molecule has 1 atom stereocenters. The summed E-state index contributed by atoms with van der Waals surface area (Å²) in [6.45, 7) is 0.452. The van der Waals surface area contributed by atoms with Gasteiger partial charge in [0.1, 0.15) is 0 Å². The number of ether oxygens (including phenoxy) is 1. The van der Waals surface area contributed by atoms with Gasteiger partial charge in [0.2, 0.25) is 0 Å². The highest BCUT2D eigenvalue weighted by Crippen LogP contribution is 2.07. The van der Waals surface area contributed by atoms with Gasteiger partial charge in [0.15, 0.2) is 6.29 Å². The number of aliphatic carboxylic acids is 2. The fourth-order valence-corrected chi connectivity index (χ4v) is 1.63. The second-order valence-corrected chi connectivity index (χ2v) is 4.52. The molecule has 3 N–H and O–H groups in total. The van der Waals surface area contributed by atoms with Gasteiger partial charge in [-0.15, -0.1) is 0 Å². The first-order chi connectivity index (χ1) is 9.02. The van der Waals surface area contributed by atoms with Gasteiger partial charge >= 0.3 is 11.9 Å². The number of rotatable bonds is 13. The van der Waals surface area contributed by atoms with Gasteiger partial charge in [-0.05, 0) is 32.1 Å². The molecule has 0 aliphatic carbocycles. The normalized spacial score (nSPS) is 12.3. The van der Waals surface area contributed by atoms with Crippen LogP contribution >= 0.6 is 0 Å². The molecular weight excluding hydrogens is 252 g/mol. The first-order valence-corrected chi connectivity index (χ1v) is 6.75. The second-order valence-electron chi connectivity index (χ2n) is 4.52. The first kappa shape index (κ1) is 17.9. The minimum absolute atomic E-state index is 0.121. The van der Waals surface area contributed by atoms with Crippen LogP contribution in [0, 0.1) is 0 Å². The summed E-state index contributed by atoms with van der Waals surface area (Å²) in [5, 5.41) is 26.3. The van der Waals surface area contributed by atoms with E-state index in [2.05, 4.69) is 0 Å². The predicted octanol–water partition coefficient (Wildman–Crippen LogP) is 2.00. The van der Waals surface area contributed by atoms with Crippen molar-refractivity contribution in [2.45, 2.75) is 64.1 Å². The Morgan fingerprint density at radius 2 is 1.37 bits per heavy atom. The second kappa shape index (κ2) is 11.9. The topological polar surface area (TPSA) is 104 Å². The average molecular weight is 276 g/mol. The summed E-state index contributed by atoms with van der Waals surface area (Å²) in [4.78, 5) is 20.5. The molecular formula is C13H24O6. The van der Waals surface area contributed by atoms with Crippen LogP contribution in [0.3, 0.4) is 0 Å². The highest BCUT2D eigenvalue weighted by atomic mass is 16.6. The summed E-state index contributed by atoms with van der Waals surface area (Å²) < 4.78 is 5.17. The van der Waals surface area contributed by atoms with Crippen molar-refractivity contribution < 1.29 is 29.6 Å². The molecule has 0 aromatic carbocycles. The third-order valence-corrected chi connectivity index (χ3v) is 2.69. The molecule has 0 saturated heterocycles. The van der Waals surface area contributed by atoms with Crippen LogP contribution in [0.4, 0.5) is 0 Å². The van der Waals surface area contributed by atoms with E-state index in [1.54, 1.807) is 0 Å². The van der Waals surface area contributed by atoms with Crippen LogP contribution < -0.4 is 0 Å². The minimum Gasteiger partial charge on any atom is -0.481 e. The monoisotopic (exact) mass is 276 g/mol. The molecule has 1 unspecified atom stereocenters. The smallest absolute Gasteiger partial charge is 0.303 e. The molecule has 0 spiro atoms. The maximum absolute atomic E-state index is 10.3. The van der Waals surface area contributed by atoms with E-state index < -0.39 is 18.2 Å². The summed E-state index contributed by atoms with van der Waals surface area (Å²) in [6.07, 6.45) is 4.34. The maximum Gasteiger partial charge on any atom is 0.303 e. The van der Waals surface area contributed by atoms with E-state index in [1.807, 2.05) is 0 Å². The van der Waals surface area contributed by atoms with Gasteiger partial charge in [-0.25, -0.2) is 0 Å². The van der Waals surface area contributed by atoms with E-state index in [-0.39, 0.29) is 12.8 Å². The van der Waals surface area contributed by atoms with Gasteiger partial charge in [0, 0.05) is 19.4 Å². The highest BCUT2D eigenvalue weighted by molar-refractivity contribution is 5.66. The molecule has 6 nitrogen and oxygen atoms in total. The maximum atomic E-state index is 10.3. The van der Waals surface area contributed by atoms with Crippen LogP contribution in [0.2, 0.25) is 0 Å². The van der Waals surface area contributed by atoms with E-state index in [0.29, 0.717) is 32.3 Å². The third-order valence-electron chi connectivity index (χ3n) is 2.69. The zero-order valence-corrected chi connectivity index (χ0v) is 11.2. The number of aliphatic hydroxyl groups is 1. The van der Waals surface area contributed by atoms with Crippen molar-refractivity contribution >= 4 is 11.9 Å². The molecule has 0 aliphatic heterocycles. The number of carboxylic acids is 2. The molecule has 0 bridgehead atoms. The minimum atomic E-state index is -0.826. The van der Waals surface area contributed by atoms with E-state index in [4.69, 9.17) is 14.9 Å². The average Bonchev–Trinajstić information content (AvgIpc) is 2.33. The fourth-order valence-electron chi connectivity index (χ4n) is 1.63. The van der Waals surface area contributed by atoms with Gasteiger partial charge in [-0.3, -0.25) is 9.59 Å². The lowest BCUT2D eigenvalue weighted by atomic mass is 10.1. The van der Waals surface area contributed by atoms with Crippen LogP contribution in [-0.2, 0) is 14.3 Å². The molecule has 0 amide bonds.